The molecule has 0 spiro atoms. The second kappa shape index (κ2) is 10.5. The molecule has 3 atom stereocenters. The maximum absolute atomic E-state index is 12.5. The number of nitrogens with one attached hydrogen (secondary N) is 2. The van der Waals surface area contributed by atoms with Gasteiger partial charge in [-0.05, 0) is 32.1 Å². The van der Waals surface area contributed by atoms with E-state index in [1.54, 1.807) is 0 Å². The SMILES string of the molecule is O=C(NCC[C@@H]1CC[C@H](NC(=O)C2CCCCC2)[C@@H](CO)O1)c1cnccn1. The smallest absolute Gasteiger partial charge is 0.271 e. The maximum Gasteiger partial charge on any atom is 0.271 e. The van der Waals surface area contributed by atoms with E-state index in [1.807, 2.05) is 0 Å². The van der Waals surface area contributed by atoms with Gasteiger partial charge in [-0.2, -0.15) is 0 Å². The van der Waals surface area contributed by atoms with Gasteiger partial charge in [0, 0.05) is 24.9 Å². The van der Waals surface area contributed by atoms with Crippen molar-refractivity contribution >= 4 is 11.8 Å². The second-order valence-corrected chi connectivity index (χ2v) is 7.64. The number of amides is 2. The Hall–Kier alpha value is -2.06. The van der Waals surface area contributed by atoms with E-state index in [0.717, 1.165) is 38.5 Å². The summed E-state index contributed by atoms with van der Waals surface area (Å²) in [5.74, 6) is -0.0659. The number of aliphatic hydroxyl groups is 1. The molecular weight excluding hydrogens is 360 g/mol. The third-order valence-corrected chi connectivity index (χ3v) is 5.65. The van der Waals surface area contributed by atoms with Crippen LogP contribution in [0.2, 0.25) is 0 Å². The van der Waals surface area contributed by atoms with Gasteiger partial charge in [-0.3, -0.25) is 14.6 Å². The van der Waals surface area contributed by atoms with E-state index in [-0.39, 0.29) is 42.2 Å². The van der Waals surface area contributed by atoms with Crippen molar-refractivity contribution in [3.05, 3.63) is 24.3 Å². The van der Waals surface area contributed by atoms with Crippen molar-refractivity contribution in [3.63, 3.8) is 0 Å². The Labute approximate surface area is 165 Å². The van der Waals surface area contributed by atoms with Gasteiger partial charge in [-0.15, -0.1) is 0 Å². The molecule has 2 aliphatic rings. The van der Waals surface area contributed by atoms with Gasteiger partial charge in [0.25, 0.3) is 5.91 Å². The monoisotopic (exact) mass is 390 g/mol. The number of ether oxygens (including phenoxy) is 1. The molecule has 3 rings (SSSR count). The summed E-state index contributed by atoms with van der Waals surface area (Å²) in [7, 11) is 0. The van der Waals surface area contributed by atoms with Gasteiger partial charge in [-0.1, -0.05) is 19.3 Å². The first-order chi connectivity index (χ1) is 13.7. The number of aromatic nitrogens is 2. The summed E-state index contributed by atoms with van der Waals surface area (Å²) in [5, 5.41) is 15.6. The summed E-state index contributed by atoms with van der Waals surface area (Å²) in [6.07, 6.45) is 11.5. The first kappa shape index (κ1) is 20.7. The minimum atomic E-state index is -0.401. The fourth-order valence-corrected chi connectivity index (χ4v) is 4.03. The van der Waals surface area contributed by atoms with Gasteiger partial charge in [0.15, 0.2) is 0 Å². The fraction of sp³-hybridized carbons (Fsp3) is 0.700. The lowest BCUT2D eigenvalue weighted by molar-refractivity contribution is -0.132. The van der Waals surface area contributed by atoms with E-state index in [1.165, 1.54) is 25.0 Å². The third-order valence-electron chi connectivity index (χ3n) is 5.65. The number of rotatable bonds is 7. The molecule has 1 saturated carbocycles. The summed E-state index contributed by atoms with van der Waals surface area (Å²) in [4.78, 5) is 32.3. The van der Waals surface area contributed by atoms with E-state index < -0.39 is 6.10 Å². The number of carbonyl (C=O) groups excluding carboxylic acids is 2. The molecule has 2 amide bonds. The molecule has 1 aromatic heterocycles. The van der Waals surface area contributed by atoms with Crippen LogP contribution in [0.15, 0.2) is 18.6 Å². The van der Waals surface area contributed by atoms with E-state index in [0.29, 0.717) is 13.0 Å². The molecule has 1 aliphatic carbocycles. The van der Waals surface area contributed by atoms with Gasteiger partial charge in [0.2, 0.25) is 5.91 Å². The van der Waals surface area contributed by atoms with Crippen LogP contribution >= 0.6 is 0 Å². The predicted octanol–water partition coefficient (Wildman–Crippen LogP) is 1.20. The van der Waals surface area contributed by atoms with Crippen LogP contribution in [0.25, 0.3) is 0 Å². The van der Waals surface area contributed by atoms with Crippen LogP contribution in [0.1, 0.15) is 61.9 Å². The maximum atomic E-state index is 12.5. The Morgan fingerprint density at radius 1 is 1.14 bits per heavy atom. The Balaban J connectivity index is 1.41. The van der Waals surface area contributed by atoms with Crippen LogP contribution in [0.4, 0.5) is 0 Å². The Kier molecular flexibility index (Phi) is 7.73. The molecule has 0 aromatic carbocycles. The Bertz CT molecular complexity index is 636. The largest absolute Gasteiger partial charge is 0.394 e. The van der Waals surface area contributed by atoms with E-state index >= 15 is 0 Å². The summed E-state index contributed by atoms with van der Waals surface area (Å²) < 4.78 is 5.98. The number of hydrogen-bond donors (Lipinski definition) is 3. The zero-order chi connectivity index (χ0) is 19.8. The average molecular weight is 390 g/mol. The van der Waals surface area contributed by atoms with Crippen LogP contribution < -0.4 is 10.6 Å². The van der Waals surface area contributed by atoms with Crippen LogP contribution in [0.5, 0.6) is 0 Å². The molecule has 8 heteroatoms. The highest BCUT2D eigenvalue weighted by atomic mass is 16.5. The molecule has 154 valence electrons. The van der Waals surface area contributed by atoms with Crippen molar-refractivity contribution in [2.24, 2.45) is 5.92 Å². The van der Waals surface area contributed by atoms with Crippen molar-refractivity contribution in [2.75, 3.05) is 13.2 Å². The number of carbonyl (C=O) groups is 2. The molecule has 0 bridgehead atoms. The molecule has 0 unspecified atom stereocenters. The van der Waals surface area contributed by atoms with Gasteiger partial charge < -0.3 is 20.5 Å². The number of nitrogens with zero attached hydrogens (tertiary/aromatic N) is 2. The van der Waals surface area contributed by atoms with Crippen molar-refractivity contribution in [2.45, 2.75) is 69.6 Å². The molecule has 2 heterocycles. The first-order valence-electron chi connectivity index (χ1n) is 10.3. The third kappa shape index (κ3) is 5.72. The van der Waals surface area contributed by atoms with Crippen LogP contribution in [0, 0.1) is 5.92 Å². The molecular formula is C20H30N4O4. The average Bonchev–Trinajstić information content (AvgIpc) is 2.75. The standard InChI is InChI=1S/C20H30N4O4/c25-13-18-16(24-19(26)14-4-2-1-3-5-14)7-6-15(28-18)8-9-23-20(27)17-12-21-10-11-22-17/h10-12,14-16,18,25H,1-9,13H2,(H,23,27)(H,24,26)/t15-,16-,18+/m0/s1. The van der Waals surface area contributed by atoms with E-state index in [4.69, 9.17) is 4.74 Å². The summed E-state index contributed by atoms with van der Waals surface area (Å²) >= 11 is 0. The highest BCUT2D eigenvalue weighted by Crippen LogP contribution is 2.26. The summed E-state index contributed by atoms with van der Waals surface area (Å²) in [6, 6.07) is -0.148. The van der Waals surface area contributed by atoms with Gasteiger partial charge in [0.1, 0.15) is 11.8 Å². The molecule has 0 radical (unpaired) electrons. The van der Waals surface area contributed by atoms with Gasteiger partial charge in [-0.25, -0.2) is 4.98 Å². The first-order valence-corrected chi connectivity index (χ1v) is 10.3. The lowest BCUT2D eigenvalue weighted by Gasteiger charge is -2.37. The van der Waals surface area contributed by atoms with Crippen LogP contribution in [0.3, 0.4) is 0 Å². The Morgan fingerprint density at radius 3 is 2.68 bits per heavy atom. The molecule has 28 heavy (non-hydrogen) atoms. The molecule has 1 aliphatic heterocycles. The topological polar surface area (TPSA) is 113 Å². The molecule has 1 saturated heterocycles. The number of aliphatic hydroxyl groups excluding tert-OH is 1. The predicted molar refractivity (Wildman–Crippen MR) is 102 cm³/mol. The van der Waals surface area contributed by atoms with Gasteiger partial charge in [0.05, 0.1) is 24.9 Å². The Morgan fingerprint density at radius 2 is 1.96 bits per heavy atom. The minimum Gasteiger partial charge on any atom is -0.394 e. The zero-order valence-corrected chi connectivity index (χ0v) is 16.2. The molecule has 1 aromatic rings. The van der Waals surface area contributed by atoms with Crippen LogP contribution in [-0.4, -0.2) is 58.3 Å². The van der Waals surface area contributed by atoms with Crippen molar-refractivity contribution < 1.29 is 19.4 Å². The van der Waals surface area contributed by atoms with Gasteiger partial charge >= 0.3 is 0 Å². The summed E-state index contributed by atoms with van der Waals surface area (Å²) in [5.41, 5.74) is 0.283. The highest BCUT2D eigenvalue weighted by Gasteiger charge is 2.33. The molecule has 2 fully saturated rings. The molecule has 8 nitrogen and oxygen atoms in total. The quantitative estimate of drug-likeness (QED) is 0.645. The lowest BCUT2D eigenvalue weighted by atomic mass is 9.88. The fourth-order valence-electron chi connectivity index (χ4n) is 4.03. The zero-order valence-electron chi connectivity index (χ0n) is 16.2. The van der Waals surface area contributed by atoms with Crippen LogP contribution in [-0.2, 0) is 9.53 Å². The number of hydrogen-bond acceptors (Lipinski definition) is 6. The van der Waals surface area contributed by atoms with Crippen molar-refractivity contribution in [1.82, 2.24) is 20.6 Å². The second-order valence-electron chi connectivity index (χ2n) is 7.64. The normalized spacial score (nSPS) is 25.8. The molecule has 3 N–H and O–H groups in total. The van der Waals surface area contributed by atoms with E-state index in [2.05, 4.69) is 20.6 Å². The van der Waals surface area contributed by atoms with E-state index in [9.17, 15) is 14.7 Å². The summed E-state index contributed by atoms with van der Waals surface area (Å²) in [6.45, 7) is 0.329. The van der Waals surface area contributed by atoms with Crippen molar-refractivity contribution in [1.29, 1.82) is 0 Å². The van der Waals surface area contributed by atoms with Crippen molar-refractivity contribution in [3.8, 4) is 0 Å². The highest BCUT2D eigenvalue weighted by molar-refractivity contribution is 5.91. The minimum absolute atomic E-state index is 0.0536. The lowest BCUT2D eigenvalue weighted by Crippen LogP contribution is -2.52.